The summed E-state index contributed by atoms with van der Waals surface area (Å²) in [6, 6.07) is 9.36. The largest absolute Gasteiger partial charge is 0.303 e. The lowest BCUT2D eigenvalue weighted by Crippen LogP contribution is -2.06. The molecule has 0 amide bonds. The fourth-order valence-electron chi connectivity index (χ4n) is 1.23. The maximum Gasteiger partial charge on any atom is 0.219 e. The first-order valence-corrected chi connectivity index (χ1v) is 6.43. The van der Waals surface area contributed by atoms with E-state index in [-0.39, 0.29) is 10.4 Å². The first-order valence-electron chi connectivity index (χ1n) is 5.55. The SMILES string of the molecule is CC(CC=NN(C)C)SC(=O)c1ccccc1. The van der Waals surface area contributed by atoms with Gasteiger partial charge in [0.25, 0.3) is 0 Å². The summed E-state index contributed by atoms with van der Waals surface area (Å²) in [6.45, 7) is 2.03. The third-order valence-electron chi connectivity index (χ3n) is 2.07. The van der Waals surface area contributed by atoms with Crippen molar-refractivity contribution in [3.8, 4) is 0 Å². The number of hydrogen-bond donors (Lipinski definition) is 0. The van der Waals surface area contributed by atoms with Gasteiger partial charge in [0.2, 0.25) is 5.12 Å². The molecular formula is C13H18N2OS. The second kappa shape index (κ2) is 7.12. The average Bonchev–Trinajstić information content (AvgIpc) is 2.29. The third kappa shape index (κ3) is 5.54. The maximum absolute atomic E-state index is 11.9. The van der Waals surface area contributed by atoms with Gasteiger partial charge in [-0.3, -0.25) is 4.79 Å². The molecule has 0 saturated carbocycles. The molecular weight excluding hydrogens is 232 g/mol. The Kier molecular flexibility index (Phi) is 5.77. The predicted molar refractivity (Wildman–Crippen MR) is 74.6 cm³/mol. The van der Waals surface area contributed by atoms with Crippen LogP contribution in [0.15, 0.2) is 35.4 Å². The summed E-state index contributed by atoms with van der Waals surface area (Å²) in [6.07, 6.45) is 2.64. The van der Waals surface area contributed by atoms with Crippen LogP contribution in [0.5, 0.6) is 0 Å². The zero-order valence-corrected chi connectivity index (χ0v) is 11.3. The topological polar surface area (TPSA) is 32.7 Å². The van der Waals surface area contributed by atoms with Crippen LogP contribution in [0.25, 0.3) is 0 Å². The lowest BCUT2D eigenvalue weighted by atomic mass is 10.2. The van der Waals surface area contributed by atoms with Gasteiger partial charge < -0.3 is 5.01 Å². The van der Waals surface area contributed by atoms with Crippen LogP contribution >= 0.6 is 11.8 Å². The Hall–Kier alpha value is -1.29. The van der Waals surface area contributed by atoms with Gasteiger partial charge in [0.1, 0.15) is 0 Å². The van der Waals surface area contributed by atoms with Gasteiger partial charge in [0.15, 0.2) is 0 Å². The highest BCUT2D eigenvalue weighted by Gasteiger charge is 2.10. The molecule has 1 unspecified atom stereocenters. The average molecular weight is 250 g/mol. The molecule has 1 rings (SSSR count). The van der Waals surface area contributed by atoms with Crippen molar-refractivity contribution in [2.75, 3.05) is 14.1 Å². The number of benzene rings is 1. The molecule has 17 heavy (non-hydrogen) atoms. The molecule has 92 valence electrons. The molecule has 0 aromatic heterocycles. The minimum Gasteiger partial charge on any atom is -0.303 e. The van der Waals surface area contributed by atoms with Crippen LogP contribution in [-0.4, -0.2) is 35.7 Å². The molecule has 1 atom stereocenters. The molecule has 1 aromatic carbocycles. The van der Waals surface area contributed by atoms with Crippen LogP contribution in [-0.2, 0) is 0 Å². The van der Waals surface area contributed by atoms with Crippen LogP contribution in [0, 0.1) is 0 Å². The molecule has 0 radical (unpaired) electrons. The highest BCUT2D eigenvalue weighted by Crippen LogP contribution is 2.19. The Morgan fingerprint density at radius 3 is 2.65 bits per heavy atom. The van der Waals surface area contributed by atoms with Crippen molar-refractivity contribution in [3.05, 3.63) is 35.9 Å². The van der Waals surface area contributed by atoms with E-state index in [1.807, 2.05) is 57.6 Å². The number of thioether (sulfide) groups is 1. The van der Waals surface area contributed by atoms with Gasteiger partial charge in [0, 0.05) is 31.1 Å². The number of nitrogens with zero attached hydrogens (tertiary/aromatic N) is 2. The fraction of sp³-hybridized carbons (Fsp3) is 0.385. The molecule has 0 aliphatic carbocycles. The lowest BCUT2D eigenvalue weighted by molar-refractivity contribution is 0.108. The standard InChI is InChI=1S/C13H18N2OS/c1-11(9-10-14-15(2)3)17-13(16)12-7-5-4-6-8-12/h4-8,10-11H,9H2,1-3H3. The number of carbonyl (C=O) groups is 1. The van der Waals surface area contributed by atoms with Crippen molar-refractivity contribution >= 4 is 23.1 Å². The van der Waals surface area contributed by atoms with Crippen molar-refractivity contribution in [2.24, 2.45) is 5.10 Å². The van der Waals surface area contributed by atoms with Gasteiger partial charge in [-0.1, -0.05) is 49.0 Å². The summed E-state index contributed by atoms with van der Waals surface area (Å²) in [5, 5.41) is 6.24. The third-order valence-corrected chi connectivity index (χ3v) is 3.11. The number of hydrogen-bond acceptors (Lipinski definition) is 4. The van der Waals surface area contributed by atoms with E-state index >= 15 is 0 Å². The van der Waals surface area contributed by atoms with Crippen LogP contribution < -0.4 is 0 Å². The summed E-state index contributed by atoms with van der Waals surface area (Å²) in [7, 11) is 3.76. The Morgan fingerprint density at radius 2 is 2.06 bits per heavy atom. The number of carbonyl (C=O) groups excluding carboxylic acids is 1. The molecule has 0 bridgehead atoms. The summed E-state index contributed by atoms with van der Waals surface area (Å²) in [5.41, 5.74) is 0.758. The molecule has 0 aliphatic rings. The first kappa shape index (κ1) is 13.8. The summed E-state index contributed by atoms with van der Waals surface area (Å²) >= 11 is 1.36. The lowest BCUT2D eigenvalue weighted by Gasteiger charge is -2.08. The van der Waals surface area contributed by atoms with Crippen molar-refractivity contribution < 1.29 is 4.79 Å². The molecule has 0 aliphatic heterocycles. The fourth-order valence-corrected chi connectivity index (χ4v) is 2.05. The van der Waals surface area contributed by atoms with Gasteiger partial charge in [-0.2, -0.15) is 5.10 Å². The molecule has 1 aromatic rings. The van der Waals surface area contributed by atoms with Crippen LogP contribution in [0.1, 0.15) is 23.7 Å². The Labute approximate surface area is 107 Å². The monoisotopic (exact) mass is 250 g/mol. The molecule has 0 spiro atoms. The number of rotatable bonds is 5. The molecule has 0 heterocycles. The zero-order chi connectivity index (χ0) is 12.7. The minimum absolute atomic E-state index is 0.122. The zero-order valence-electron chi connectivity index (χ0n) is 10.5. The van der Waals surface area contributed by atoms with Crippen molar-refractivity contribution in [2.45, 2.75) is 18.6 Å². The first-order chi connectivity index (χ1) is 8.09. The normalized spacial score (nSPS) is 12.6. The van der Waals surface area contributed by atoms with E-state index in [0.717, 1.165) is 12.0 Å². The van der Waals surface area contributed by atoms with Crippen molar-refractivity contribution in [1.82, 2.24) is 5.01 Å². The van der Waals surface area contributed by atoms with Crippen molar-refractivity contribution in [1.29, 1.82) is 0 Å². The summed E-state index contributed by atoms with van der Waals surface area (Å²) in [4.78, 5) is 11.9. The summed E-state index contributed by atoms with van der Waals surface area (Å²) in [5.74, 6) is 0. The molecule has 0 fully saturated rings. The maximum atomic E-state index is 11.9. The van der Waals surface area contributed by atoms with Crippen LogP contribution in [0.4, 0.5) is 0 Å². The molecule has 3 nitrogen and oxygen atoms in total. The van der Waals surface area contributed by atoms with E-state index in [1.54, 1.807) is 5.01 Å². The second-order valence-electron chi connectivity index (χ2n) is 3.96. The Bertz CT molecular complexity index is 376. The van der Waals surface area contributed by atoms with Gasteiger partial charge in [0.05, 0.1) is 0 Å². The van der Waals surface area contributed by atoms with E-state index in [4.69, 9.17) is 0 Å². The Morgan fingerprint density at radius 1 is 1.41 bits per heavy atom. The van der Waals surface area contributed by atoms with Crippen molar-refractivity contribution in [3.63, 3.8) is 0 Å². The van der Waals surface area contributed by atoms with E-state index in [9.17, 15) is 4.79 Å². The van der Waals surface area contributed by atoms with Gasteiger partial charge in [-0.15, -0.1) is 0 Å². The van der Waals surface area contributed by atoms with E-state index in [2.05, 4.69) is 5.10 Å². The van der Waals surface area contributed by atoms with Gasteiger partial charge in [-0.05, 0) is 6.42 Å². The van der Waals surface area contributed by atoms with E-state index in [0.29, 0.717) is 0 Å². The van der Waals surface area contributed by atoms with Gasteiger partial charge >= 0.3 is 0 Å². The minimum atomic E-state index is 0.122. The molecule has 4 heteroatoms. The van der Waals surface area contributed by atoms with Gasteiger partial charge in [-0.25, -0.2) is 0 Å². The predicted octanol–water partition coefficient (Wildman–Crippen LogP) is 2.89. The second-order valence-corrected chi connectivity index (χ2v) is 5.37. The smallest absolute Gasteiger partial charge is 0.219 e. The highest BCUT2D eigenvalue weighted by molar-refractivity contribution is 8.14. The summed E-state index contributed by atoms with van der Waals surface area (Å²) < 4.78 is 0. The number of hydrazone groups is 1. The Balaban J connectivity index is 2.41. The highest BCUT2D eigenvalue weighted by atomic mass is 32.2. The van der Waals surface area contributed by atoms with Crippen LogP contribution in [0.3, 0.4) is 0 Å². The van der Waals surface area contributed by atoms with E-state index in [1.165, 1.54) is 11.8 Å². The van der Waals surface area contributed by atoms with Crippen LogP contribution in [0.2, 0.25) is 0 Å². The molecule has 0 N–H and O–H groups in total. The quantitative estimate of drug-likeness (QED) is 0.595. The molecule has 0 saturated heterocycles. The van der Waals surface area contributed by atoms with E-state index < -0.39 is 0 Å².